The second kappa shape index (κ2) is 6.27. The maximum atomic E-state index is 12.0. The van der Waals surface area contributed by atoms with E-state index in [2.05, 4.69) is 0 Å². The molecule has 0 fully saturated rings. The van der Waals surface area contributed by atoms with Gasteiger partial charge in [0.2, 0.25) is 0 Å². The van der Waals surface area contributed by atoms with Crippen LogP contribution < -0.4 is 4.74 Å². The predicted octanol–water partition coefficient (Wildman–Crippen LogP) is 3.15. The Morgan fingerprint density at radius 3 is 2.46 bits per heavy atom. The van der Waals surface area contributed by atoms with Crippen LogP contribution in [0.25, 0.3) is 0 Å². The average molecular weight is 358 g/mol. The number of benzene rings is 1. The predicted molar refractivity (Wildman–Crippen MR) is 94.0 cm³/mol. The van der Waals surface area contributed by atoms with Gasteiger partial charge in [-0.25, -0.2) is 0 Å². The molecule has 0 bridgehead atoms. The van der Waals surface area contributed by atoms with Gasteiger partial charge in [0.1, 0.15) is 22.8 Å². The molecule has 3 atom stereocenters. The Hall–Kier alpha value is -2.63. The number of carbonyl (C=O) groups excluding carboxylic acids is 3. The zero-order valence-electron chi connectivity index (χ0n) is 15.0. The molecular weight excluding hydrogens is 336 g/mol. The van der Waals surface area contributed by atoms with Gasteiger partial charge in [-0.3, -0.25) is 14.4 Å². The smallest absolute Gasteiger partial charge is 0.157 e. The van der Waals surface area contributed by atoms with Gasteiger partial charge < -0.3 is 14.9 Å². The molecule has 3 rings (SSSR count). The van der Waals surface area contributed by atoms with Crippen LogP contribution in [0.1, 0.15) is 65.8 Å². The molecule has 6 nitrogen and oxygen atoms in total. The van der Waals surface area contributed by atoms with Crippen LogP contribution in [-0.4, -0.2) is 34.2 Å². The van der Waals surface area contributed by atoms with Crippen molar-refractivity contribution in [2.24, 2.45) is 11.8 Å². The summed E-state index contributed by atoms with van der Waals surface area (Å²) < 4.78 is 6.06. The molecule has 0 spiro atoms. The first kappa shape index (κ1) is 18.2. The van der Waals surface area contributed by atoms with Crippen molar-refractivity contribution in [2.45, 2.75) is 45.1 Å². The van der Waals surface area contributed by atoms with Crippen LogP contribution in [0, 0.1) is 11.8 Å². The van der Waals surface area contributed by atoms with Gasteiger partial charge >= 0.3 is 0 Å². The molecule has 1 aromatic carbocycles. The molecule has 0 saturated heterocycles. The lowest BCUT2D eigenvalue weighted by atomic mass is 9.65. The molecule has 6 heteroatoms. The molecule has 2 N–H and O–H groups in total. The fraction of sp³-hybridized carbons (Fsp3) is 0.450. The Morgan fingerprint density at radius 1 is 1.23 bits per heavy atom. The highest BCUT2D eigenvalue weighted by atomic mass is 16.5. The van der Waals surface area contributed by atoms with Crippen LogP contribution in [0.4, 0.5) is 0 Å². The summed E-state index contributed by atoms with van der Waals surface area (Å²) >= 11 is 0. The quantitative estimate of drug-likeness (QED) is 0.802. The minimum Gasteiger partial charge on any atom is -0.507 e. The van der Waals surface area contributed by atoms with Crippen LogP contribution in [0.15, 0.2) is 12.2 Å². The third-order valence-electron chi connectivity index (χ3n) is 5.41. The van der Waals surface area contributed by atoms with Gasteiger partial charge in [-0.15, -0.1) is 0 Å². The van der Waals surface area contributed by atoms with Crippen LogP contribution in [0.5, 0.6) is 17.2 Å². The van der Waals surface area contributed by atoms with Crippen molar-refractivity contribution in [3.8, 4) is 17.2 Å². The molecular formula is C20H22O6. The summed E-state index contributed by atoms with van der Waals surface area (Å²) in [7, 11) is 0. The largest absolute Gasteiger partial charge is 0.507 e. The van der Waals surface area contributed by atoms with Crippen molar-refractivity contribution in [1.29, 1.82) is 0 Å². The van der Waals surface area contributed by atoms with E-state index in [1.54, 1.807) is 6.08 Å². The summed E-state index contributed by atoms with van der Waals surface area (Å²) in [6, 6.07) is 0. The third kappa shape index (κ3) is 2.60. The number of fused-ring (bicyclic) bond motifs is 2. The number of hydrogen-bond acceptors (Lipinski definition) is 6. The Balaban J connectivity index is 2.33. The zero-order valence-corrected chi connectivity index (χ0v) is 15.0. The van der Waals surface area contributed by atoms with Gasteiger partial charge in [0.15, 0.2) is 18.4 Å². The number of ether oxygens (including phenoxy) is 1. The number of hydrogen-bond donors (Lipinski definition) is 2. The molecule has 1 aliphatic heterocycles. The third-order valence-corrected chi connectivity index (χ3v) is 5.41. The van der Waals surface area contributed by atoms with Crippen LogP contribution in [0.3, 0.4) is 0 Å². The maximum Gasteiger partial charge on any atom is 0.157 e. The van der Waals surface area contributed by atoms with Crippen molar-refractivity contribution >= 4 is 18.4 Å². The van der Waals surface area contributed by atoms with E-state index in [4.69, 9.17) is 4.74 Å². The molecule has 2 aliphatic rings. The Kier molecular flexibility index (Phi) is 4.38. The molecule has 0 saturated carbocycles. The van der Waals surface area contributed by atoms with Gasteiger partial charge in [0.05, 0.1) is 11.1 Å². The minimum absolute atomic E-state index is 0.0298. The number of rotatable bonds is 4. The van der Waals surface area contributed by atoms with Gasteiger partial charge in [-0.05, 0) is 37.3 Å². The van der Waals surface area contributed by atoms with Gasteiger partial charge in [-0.1, -0.05) is 13.8 Å². The second-order valence-electron chi connectivity index (χ2n) is 7.64. The first-order chi connectivity index (χ1) is 12.2. The lowest BCUT2D eigenvalue weighted by molar-refractivity contribution is -0.119. The maximum absolute atomic E-state index is 12.0. The zero-order chi connectivity index (χ0) is 19.2. The van der Waals surface area contributed by atoms with E-state index in [0.717, 1.165) is 0 Å². The first-order valence-corrected chi connectivity index (χ1v) is 8.66. The van der Waals surface area contributed by atoms with Crippen LogP contribution >= 0.6 is 0 Å². The standard InChI is InChI=1S/C20H22O6/c1-10(2)6-12-15-7-11(23)4-5-20(15,3)26-19-14(9-22)17(24)13(8-21)18(25)16(12)19/h4-5,8-10,12,15,24-25H,6-7H2,1-3H3/t12-,15+,20-/m1/s1. The highest BCUT2D eigenvalue weighted by molar-refractivity contribution is 5.96. The van der Waals surface area contributed by atoms with E-state index in [0.29, 0.717) is 24.6 Å². The van der Waals surface area contributed by atoms with E-state index < -0.39 is 11.4 Å². The number of aromatic hydroxyl groups is 2. The van der Waals surface area contributed by atoms with Crippen molar-refractivity contribution in [3.63, 3.8) is 0 Å². The summed E-state index contributed by atoms with van der Waals surface area (Å²) in [5.74, 6) is -1.22. The number of aldehydes is 2. The summed E-state index contributed by atoms with van der Waals surface area (Å²) in [5.41, 5.74) is -1.01. The van der Waals surface area contributed by atoms with Crippen molar-refractivity contribution < 1.29 is 29.3 Å². The molecule has 1 heterocycles. The highest BCUT2D eigenvalue weighted by Crippen LogP contribution is 2.56. The summed E-state index contributed by atoms with van der Waals surface area (Å²) in [5, 5.41) is 20.9. The molecule has 0 aromatic heterocycles. The number of allylic oxidation sites excluding steroid dienone is 1. The number of carbonyl (C=O) groups is 3. The van der Waals surface area contributed by atoms with Gasteiger partial charge in [-0.2, -0.15) is 0 Å². The van der Waals surface area contributed by atoms with Crippen LogP contribution in [0.2, 0.25) is 0 Å². The van der Waals surface area contributed by atoms with E-state index in [1.165, 1.54) is 6.08 Å². The molecule has 1 aromatic rings. The highest BCUT2D eigenvalue weighted by Gasteiger charge is 2.50. The van der Waals surface area contributed by atoms with Gasteiger partial charge in [0, 0.05) is 17.9 Å². The molecule has 138 valence electrons. The lowest BCUT2D eigenvalue weighted by Gasteiger charge is -2.47. The average Bonchev–Trinajstić information content (AvgIpc) is 2.56. The Bertz CT molecular complexity index is 822. The summed E-state index contributed by atoms with van der Waals surface area (Å²) in [6.07, 6.45) is 4.77. The second-order valence-corrected chi connectivity index (χ2v) is 7.64. The minimum atomic E-state index is -0.847. The number of phenolic OH excluding ortho intramolecular Hbond substituents is 2. The Morgan fingerprint density at radius 2 is 1.88 bits per heavy atom. The molecule has 0 unspecified atom stereocenters. The normalized spacial score (nSPS) is 26.8. The SMILES string of the molecule is CC(C)C[C@H]1c2c(O)c(C=O)c(O)c(C=O)c2O[C@]2(C)C=CC(=O)C[C@@H]12. The topological polar surface area (TPSA) is 101 Å². The summed E-state index contributed by atoms with van der Waals surface area (Å²) in [4.78, 5) is 35.0. The molecule has 0 radical (unpaired) electrons. The van der Waals surface area contributed by atoms with E-state index in [-0.39, 0.29) is 52.6 Å². The lowest BCUT2D eigenvalue weighted by Crippen LogP contribution is -2.49. The van der Waals surface area contributed by atoms with Crippen molar-refractivity contribution in [2.75, 3.05) is 0 Å². The molecule has 26 heavy (non-hydrogen) atoms. The van der Waals surface area contributed by atoms with E-state index >= 15 is 0 Å². The van der Waals surface area contributed by atoms with Crippen LogP contribution in [-0.2, 0) is 4.79 Å². The first-order valence-electron chi connectivity index (χ1n) is 8.66. The fourth-order valence-corrected chi connectivity index (χ4v) is 4.17. The van der Waals surface area contributed by atoms with Gasteiger partial charge in [0.25, 0.3) is 0 Å². The molecule has 0 amide bonds. The number of ketones is 1. The Labute approximate surface area is 151 Å². The fourth-order valence-electron chi connectivity index (χ4n) is 4.17. The van der Waals surface area contributed by atoms with Crippen molar-refractivity contribution in [3.05, 3.63) is 28.8 Å². The summed E-state index contributed by atoms with van der Waals surface area (Å²) in [6.45, 7) is 5.87. The van der Waals surface area contributed by atoms with Crippen molar-refractivity contribution in [1.82, 2.24) is 0 Å². The monoisotopic (exact) mass is 358 g/mol. The van der Waals surface area contributed by atoms with E-state index in [1.807, 2.05) is 20.8 Å². The molecule has 1 aliphatic carbocycles. The number of phenols is 2. The van der Waals surface area contributed by atoms with E-state index in [9.17, 15) is 24.6 Å².